The molecule has 3 rings (SSSR count). The molecule has 0 aliphatic carbocycles. The lowest BCUT2D eigenvalue weighted by Crippen LogP contribution is -2.37. The molecule has 0 spiro atoms. The molecule has 1 aliphatic heterocycles. The fraction of sp³-hybridized carbons (Fsp3) is 0.421. The quantitative estimate of drug-likeness (QED) is 0.859. The smallest absolute Gasteiger partial charge is 0.254 e. The average Bonchev–Trinajstić information content (AvgIpc) is 3.17. The van der Waals surface area contributed by atoms with E-state index in [9.17, 15) is 9.18 Å². The summed E-state index contributed by atoms with van der Waals surface area (Å²) in [5, 5.41) is 2.97. The normalized spacial score (nSPS) is 15.7. The molecule has 2 aromatic rings. The van der Waals surface area contributed by atoms with E-state index in [-0.39, 0.29) is 17.8 Å². The van der Waals surface area contributed by atoms with Crippen molar-refractivity contribution in [2.24, 2.45) is 0 Å². The van der Waals surface area contributed by atoms with Gasteiger partial charge in [0.15, 0.2) is 0 Å². The Morgan fingerprint density at radius 3 is 2.38 bits per heavy atom. The molecule has 26 heavy (non-hydrogen) atoms. The van der Waals surface area contributed by atoms with Crippen LogP contribution in [0.4, 0.5) is 10.3 Å². The zero-order valence-electron chi connectivity index (χ0n) is 15.2. The number of amides is 1. The van der Waals surface area contributed by atoms with Crippen LogP contribution >= 0.6 is 0 Å². The lowest BCUT2D eigenvalue weighted by molar-refractivity contribution is 0.0937. The highest BCUT2D eigenvalue weighted by molar-refractivity contribution is 5.93. The van der Waals surface area contributed by atoms with E-state index < -0.39 is 0 Å². The van der Waals surface area contributed by atoms with Crippen molar-refractivity contribution in [3.05, 3.63) is 53.6 Å². The van der Waals surface area contributed by atoms with Gasteiger partial charge in [-0.05, 0) is 43.6 Å². The minimum atomic E-state index is -0.254. The number of nitrogens with zero attached hydrogens (tertiary/aromatic N) is 4. The molecule has 1 N–H and O–H groups in total. The first-order valence-electron chi connectivity index (χ1n) is 8.81. The molecule has 0 radical (unpaired) electrons. The Morgan fingerprint density at radius 1 is 1.19 bits per heavy atom. The van der Waals surface area contributed by atoms with E-state index in [0.29, 0.717) is 18.1 Å². The van der Waals surface area contributed by atoms with E-state index in [1.807, 2.05) is 14.1 Å². The third kappa shape index (κ3) is 4.35. The van der Waals surface area contributed by atoms with Gasteiger partial charge in [0, 0.05) is 33.0 Å². The van der Waals surface area contributed by atoms with Gasteiger partial charge in [-0.3, -0.25) is 9.69 Å². The van der Waals surface area contributed by atoms with Crippen LogP contribution in [0.1, 0.15) is 34.8 Å². The molecule has 1 saturated heterocycles. The van der Waals surface area contributed by atoms with Gasteiger partial charge >= 0.3 is 0 Å². The van der Waals surface area contributed by atoms with Crippen LogP contribution in [0.2, 0.25) is 0 Å². The van der Waals surface area contributed by atoms with Crippen molar-refractivity contribution in [2.45, 2.75) is 18.9 Å². The monoisotopic (exact) mass is 357 g/mol. The maximum atomic E-state index is 13.3. The van der Waals surface area contributed by atoms with Crippen molar-refractivity contribution in [2.75, 3.05) is 38.6 Å². The molecule has 1 amide bonds. The van der Waals surface area contributed by atoms with E-state index in [1.54, 1.807) is 17.0 Å². The zero-order chi connectivity index (χ0) is 18.5. The van der Waals surface area contributed by atoms with Crippen molar-refractivity contribution >= 4 is 11.9 Å². The van der Waals surface area contributed by atoms with Crippen molar-refractivity contribution in [3.8, 4) is 0 Å². The lowest BCUT2D eigenvalue weighted by Gasteiger charge is -2.28. The average molecular weight is 357 g/mol. The molecule has 0 saturated carbocycles. The summed E-state index contributed by atoms with van der Waals surface area (Å²) in [5.74, 6) is 0.0977. The third-order valence-electron chi connectivity index (χ3n) is 4.59. The van der Waals surface area contributed by atoms with E-state index in [2.05, 4.69) is 20.2 Å². The molecule has 6 nitrogen and oxygen atoms in total. The summed E-state index contributed by atoms with van der Waals surface area (Å²) in [7, 11) is 3.69. The van der Waals surface area contributed by atoms with Gasteiger partial charge in [0.1, 0.15) is 5.82 Å². The summed E-state index contributed by atoms with van der Waals surface area (Å²) in [6.45, 7) is 2.43. The Labute approximate surface area is 153 Å². The predicted octanol–water partition coefficient (Wildman–Crippen LogP) is 2.25. The fourth-order valence-electron chi connectivity index (χ4n) is 3.16. The van der Waals surface area contributed by atoms with Crippen molar-refractivity contribution in [1.29, 1.82) is 0 Å². The molecular formula is C19H24FN5O. The largest absolute Gasteiger partial charge is 0.350 e. The molecule has 1 aromatic heterocycles. The molecule has 1 fully saturated rings. The Balaban J connectivity index is 1.68. The Kier molecular flexibility index (Phi) is 5.78. The summed E-state index contributed by atoms with van der Waals surface area (Å²) >= 11 is 0. The maximum Gasteiger partial charge on any atom is 0.254 e. The maximum absolute atomic E-state index is 13.3. The number of carbonyl (C=O) groups is 1. The highest BCUT2D eigenvalue weighted by Gasteiger charge is 2.24. The summed E-state index contributed by atoms with van der Waals surface area (Å²) in [6.07, 6.45) is 5.35. The minimum absolute atomic E-state index is 0.0315. The number of anilines is 1. The number of hydrogen-bond donors (Lipinski definition) is 1. The van der Waals surface area contributed by atoms with Crippen LogP contribution in [0.5, 0.6) is 0 Å². The summed E-state index contributed by atoms with van der Waals surface area (Å²) < 4.78 is 13.3. The second kappa shape index (κ2) is 8.23. The number of halogens is 1. The zero-order valence-corrected chi connectivity index (χ0v) is 15.2. The fourth-order valence-corrected chi connectivity index (χ4v) is 3.16. The van der Waals surface area contributed by atoms with Gasteiger partial charge in [-0.25, -0.2) is 14.4 Å². The molecule has 1 aromatic carbocycles. The molecule has 7 heteroatoms. The third-order valence-corrected chi connectivity index (χ3v) is 4.59. The highest BCUT2D eigenvalue weighted by atomic mass is 19.1. The number of likely N-dealkylation sites (tertiary alicyclic amines) is 1. The van der Waals surface area contributed by atoms with E-state index in [0.717, 1.165) is 31.5 Å². The van der Waals surface area contributed by atoms with Crippen LogP contribution < -0.4 is 10.2 Å². The topological polar surface area (TPSA) is 61.4 Å². The number of hydrogen-bond acceptors (Lipinski definition) is 5. The Morgan fingerprint density at radius 2 is 1.81 bits per heavy atom. The number of aromatic nitrogens is 2. The summed E-state index contributed by atoms with van der Waals surface area (Å²) in [5.41, 5.74) is 1.43. The van der Waals surface area contributed by atoms with Crippen molar-refractivity contribution in [1.82, 2.24) is 20.2 Å². The summed E-state index contributed by atoms with van der Waals surface area (Å²) in [4.78, 5) is 24.9. The van der Waals surface area contributed by atoms with Gasteiger partial charge in [-0.2, -0.15) is 0 Å². The van der Waals surface area contributed by atoms with Gasteiger partial charge < -0.3 is 10.2 Å². The van der Waals surface area contributed by atoms with Gasteiger partial charge in [-0.1, -0.05) is 12.1 Å². The first kappa shape index (κ1) is 18.3. The number of carbonyl (C=O) groups excluding carboxylic acids is 1. The SMILES string of the molecule is CN(C)c1ncc(C(=O)NCC(c2ccc(F)cc2)N2CCCC2)cn1. The second-order valence-electron chi connectivity index (χ2n) is 6.69. The summed E-state index contributed by atoms with van der Waals surface area (Å²) in [6, 6.07) is 6.55. The van der Waals surface area contributed by atoms with Gasteiger partial charge in [0.2, 0.25) is 5.95 Å². The van der Waals surface area contributed by atoms with Crippen LogP contribution in [0, 0.1) is 5.82 Å². The van der Waals surface area contributed by atoms with Crippen LogP contribution in [0.3, 0.4) is 0 Å². The van der Waals surface area contributed by atoms with Crippen LogP contribution in [-0.2, 0) is 0 Å². The van der Waals surface area contributed by atoms with Crippen LogP contribution in [0.15, 0.2) is 36.7 Å². The molecule has 1 atom stereocenters. The minimum Gasteiger partial charge on any atom is -0.350 e. The number of benzene rings is 1. The van der Waals surface area contributed by atoms with E-state index >= 15 is 0 Å². The molecule has 1 aliphatic rings. The molecular weight excluding hydrogens is 333 g/mol. The first-order chi connectivity index (χ1) is 12.5. The highest BCUT2D eigenvalue weighted by Crippen LogP contribution is 2.25. The first-order valence-corrected chi connectivity index (χ1v) is 8.81. The van der Waals surface area contributed by atoms with Gasteiger partial charge in [0.05, 0.1) is 11.6 Å². The second-order valence-corrected chi connectivity index (χ2v) is 6.69. The van der Waals surface area contributed by atoms with Gasteiger partial charge in [0.25, 0.3) is 5.91 Å². The predicted molar refractivity (Wildman–Crippen MR) is 98.6 cm³/mol. The molecule has 0 bridgehead atoms. The van der Waals surface area contributed by atoms with Crippen LogP contribution in [-0.4, -0.2) is 54.5 Å². The van der Waals surface area contributed by atoms with Crippen molar-refractivity contribution in [3.63, 3.8) is 0 Å². The number of nitrogens with one attached hydrogen (secondary N) is 1. The Bertz CT molecular complexity index is 727. The number of rotatable bonds is 6. The van der Waals surface area contributed by atoms with E-state index in [4.69, 9.17) is 0 Å². The molecule has 2 heterocycles. The lowest BCUT2D eigenvalue weighted by atomic mass is 10.1. The van der Waals surface area contributed by atoms with Crippen molar-refractivity contribution < 1.29 is 9.18 Å². The molecule has 138 valence electrons. The van der Waals surface area contributed by atoms with Crippen LogP contribution in [0.25, 0.3) is 0 Å². The van der Waals surface area contributed by atoms with Gasteiger partial charge in [-0.15, -0.1) is 0 Å². The molecule has 1 unspecified atom stereocenters. The van der Waals surface area contributed by atoms with E-state index in [1.165, 1.54) is 24.5 Å². The standard InChI is InChI=1S/C19H24FN5O/c1-24(2)19-22-11-15(12-23-19)18(26)21-13-17(25-9-3-4-10-25)14-5-7-16(20)8-6-14/h5-8,11-12,17H,3-4,9-10,13H2,1-2H3,(H,21,26). The Hall–Kier alpha value is -2.54.